The summed E-state index contributed by atoms with van der Waals surface area (Å²) in [4.78, 5) is 21.6. The van der Waals surface area contributed by atoms with Gasteiger partial charge in [-0.25, -0.2) is 4.79 Å². The Morgan fingerprint density at radius 2 is 1.88 bits per heavy atom. The maximum atomic E-state index is 11.7. The lowest BCUT2D eigenvalue weighted by molar-refractivity contribution is -0.272. The van der Waals surface area contributed by atoms with Gasteiger partial charge in [0.05, 0.1) is 5.56 Å². The predicted molar refractivity (Wildman–Crippen MR) is 64.6 cm³/mol. The van der Waals surface area contributed by atoms with E-state index in [9.17, 15) is 4.79 Å². The second kappa shape index (κ2) is 5.82. The molecule has 0 atom stereocenters. The molecule has 1 fully saturated rings. The van der Waals surface area contributed by atoms with Crippen LogP contribution in [-0.2, 0) is 16.2 Å². The molecule has 0 unspecified atom stereocenters. The number of aryl methyl sites for hydroxylation is 1. The minimum atomic E-state index is -0.403. The van der Waals surface area contributed by atoms with Crippen LogP contribution < -0.4 is 0 Å². The SMILES string of the molecule is CCc1ccc(C(=O)OOC2CCCC2)cc1. The number of rotatable bonds is 4. The second-order valence-corrected chi connectivity index (χ2v) is 4.42. The largest absolute Gasteiger partial charge is 0.373 e. The van der Waals surface area contributed by atoms with Crippen molar-refractivity contribution in [2.75, 3.05) is 0 Å². The normalized spacial score (nSPS) is 16.1. The maximum Gasteiger partial charge on any atom is 0.373 e. The van der Waals surface area contributed by atoms with Crippen LogP contribution in [0.4, 0.5) is 0 Å². The second-order valence-electron chi connectivity index (χ2n) is 4.42. The highest BCUT2D eigenvalue weighted by Gasteiger charge is 2.19. The van der Waals surface area contributed by atoms with E-state index in [0.29, 0.717) is 5.56 Å². The van der Waals surface area contributed by atoms with E-state index in [1.807, 2.05) is 12.1 Å². The molecule has 1 aliphatic carbocycles. The van der Waals surface area contributed by atoms with E-state index in [4.69, 9.17) is 9.78 Å². The third-order valence-electron chi connectivity index (χ3n) is 3.16. The van der Waals surface area contributed by atoms with Crippen molar-refractivity contribution in [2.45, 2.75) is 45.1 Å². The smallest absolute Gasteiger partial charge is 0.293 e. The van der Waals surface area contributed by atoms with Crippen molar-refractivity contribution in [3.63, 3.8) is 0 Å². The lowest BCUT2D eigenvalue weighted by Crippen LogP contribution is -2.13. The molecular weight excluding hydrogens is 216 g/mol. The molecule has 0 saturated heterocycles. The third-order valence-corrected chi connectivity index (χ3v) is 3.16. The number of hydrogen-bond acceptors (Lipinski definition) is 3. The summed E-state index contributed by atoms with van der Waals surface area (Å²) >= 11 is 0. The molecule has 0 spiro atoms. The zero-order chi connectivity index (χ0) is 12.1. The fraction of sp³-hybridized carbons (Fsp3) is 0.500. The molecule has 0 aliphatic heterocycles. The van der Waals surface area contributed by atoms with Crippen molar-refractivity contribution in [1.29, 1.82) is 0 Å². The molecule has 1 aromatic rings. The highest BCUT2D eigenvalue weighted by Crippen LogP contribution is 2.21. The summed E-state index contributed by atoms with van der Waals surface area (Å²) < 4.78 is 0. The van der Waals surface area contributed by atoms with Crippen LogP contribution >= 0.6 is 0 Å². The Hall–Kier alpha value is -1.35. The van der Waals surface area contributed by atoms with Gasteiger partial charge in [0.15, 0.2) is 0 Å². The van der Waals surface area contributed by atoms with Crippen molar-refractivity contribution in [3.05, 3.63) is 35.4 Å². The van der Waals surface area contributed by atoms with E-state index in [2.05, 4.69) is 6.92 Å². The van der Waals surface area contributed by atoms with Crippen LogP contribution in [0.1, 0.15) is 48.5 Å². The van der Waals surface area contributed by atoms with E-state index >= 15 is 0 Å². The Morgan fingerprint density at radius 1 is 1.24 bits per heavy atom. The van der Waals surface area contributed by atoms with Crippen molar-refractivity contribution in [1.82, 2.24) is 0 Å². The van der Waals surface area contributed by atoms with Gasteiger partial charge in [0.1, 0.15) is 6.10 Å². The van der Waals surface area contributed by atoms with Gasteiger partial charge in [-0.1, -0.05) is 31.9 Å². The molecule has 0 radical (unpaired) electrons. The number of carbonyl (C=O) groups is 1. The van der Waals surface area contributed by atoms with E-state index in [-0.39, 0.29) is 6.10 Å². The highest BCUT2D eigenvalue weighted by atomic mass is 17.2. The molecule has 92 valence electrons. The number of hydrogen-bond donors (Lipinski definition) is 0. The first-order valence-electron chi connectivity index (χ1n) is 6.26. The fourth-order valence-corrected chi connectivity index (χ4v) is 2.02. The maximum absolute atomic E-state index is 11.7. The third kappa shape index (κ3) is 3.30. The minimum Gasteiger partial charge on any atom is -0.293 e. The van der Waals surface area contributed by atoms with E-state index in [1.54, 1.807) is 12.1 Å². The summed E-state index contributed by atoms with van der Waals surface area (Å²) in [5.74, 6) is -0.403. The van der Waals surface area contributed by atoms with Crippen molar-refractivity contribution in [3.8, 4) is 0 Å². The van der Waals surface area contributed by atoms with Crippen LogP contribution in [0, 0.1) is 0 Å². The van der Waals surface area contributed by atoms with Crippen LogP contribution in [-0.4, -0.2) is 12.1 Å². The van der Waals surface area contributed by atoms with Gasteiger partial charge in [-0.15, -0.1) is 0 Å². The summed E-state index contributed by atoms with van der Waals surface area (Å²) in [6.45, 7) is 2.08. The van der Waals surface area contributed by atoms with Crippen LogP contribution in [0.5, 0.6) is 0 Å². The van der Waals surface area contributed by atoms with Gasteiger partial charge < -0.3 is 0 Å². The molecule has 1 aliphatic rings. The van der Waals surface area contributed by atoms with Gasteiger partial charge in [-0.2, -0.15) is 4.89 Å². The zero-order valence-corrected chi connectivity index (χ0v) is 10.1. The summed E-state index contributed by atoms with van der Waals surface area (Å²) in [6, 6.07) is 7.43. The summed E-state index contributed by atoms with van der Waals surface area (Å²) in [5.41, 5.74) is 1.75. The number of benzene rings is 1. The highest BCUT2D eigenvalue weighted by molar-refractivity contribution is 5.88. The van der Waals surface area contributed by atoms with Crippen LogP contribution in [0.2, 0.25) is 0 Å². The van der Waals surface area contributed by atoms with Gasteiger partial charge in [0, 0.05) is 0 Å². The average molecular weight is 234 g/mol. The van der Waals surface area contributed by atoms with Gasteiger partial charge in [0.25, 0.3) is 0 Å². The topological polar surface area (TPSA) is 35.5 Å². The molecule has 3 heteroatoms. The fourth-order valence-electron chi connectivity index (χ4n) is 2.02. The summed E-state index contributed by atoms with van der Waals surface area (Å²) in [7, 11) is 0. The Labute approximate surface area is 102 Å². The Kier molecular flexibility index (Phi) is 4.15. The molecule has 0 N–H and O–H groups in total. The monoisotopic (exact) mass is 234 g/mol. The van der Waals surface area contributed by atoms with E-state index in [1.165, 1.54) is 5.56 Å². The first-order chi connectivity index (χ1) is 8.29. The zero-order valence-electron chi connectivity index (χ0n) is 10.1. The van der Waals surface area contributed by atoms with Crippen LogP contribution in [0.25, 0.3) is 0 Å². The molecule has 2 rings (SSSR count). The van der Waals surface area contributed by atoms with E-state index < -0.39 is 5.97 Å². The van der Waals surface area contributed by atoms with E-state index in [0.717, 1.165) is 32.1 Å². The average Bonchev–Trinajstić information content (AvgIpc) is 2.89. The predicted octanol–water partition coefficient (Wildman–Crippen LogP) is 3.28. The number of carbonyl (C=O) groups excluding carboxylic acids is 1. The molecule has 17 heavy (non-hydrogen) atoms. The molecule has 0 bridgehead atoms. The van der Waals surface area contributed by atoms with Gasteiger partial charge in [-0.05, 0) is 37.0 Å². The molecule has 1 aromatic carbocycles. The molecule has 0 amide bonds. The Morgan fingerprint density at radius 3 is 2.47 bits per heavy atom. The van der Waals surface area contributed by atoms with Gasteiger partial charge in [0.2, 0.25) is 0 Å². The summed E-state index contributed by atoms with van der Waals surface area (Å²) in [5, 5.41) is 0. The minimum absolute atomic E-state index is 0.0915. The molecule has 1 saturated carbocycles. The Balaban J connectivity index is 1.85. The lowest BCUT2D eigenvalue weighted by atomic mass is 10.1. The van der Waals surface area contributed by atoms with Crippen molar-refractivity contribution in [2.24, 2.45) is 0 Å². The standard InChI is InChI=1S/C14H18O3/c1-2-11-7-9-12(10-8-11)14(15)17-16-13-5-3-4-6-13/h7-10,13H,2-6H2,1H3. The van der Waals surface area contributed by atoms with Crippen LogP contribution in [0.15, 0.2) is 24.3 Å². The first-order valence-corrected chi connectivity index (χ1v) is 6.26. The van der Waals surface area contributed by atoms with Crippen LogP contribution in [0.3, 0.4) is 0 Å². The molecule has 0 heterocycles. The van der Waals surface area contributed by atoms with Crippen molar-refractivity contribution >= 4 is 5.97 Å². The lowest BCUT2D eigenvalue weighted by Gasteiger charge is -2.09. The van der Waals surface area contributed by atoms with Gasteiger partial charge in [-0.3, -0.25) is 4.89 Å². The molecule has 3 nitrogen and oxygen atoms in total. The molecule has 0 aromatic heterocycles. The molecular formula is C14H18O3. The van der Waals surface area contributed by atoms with Crippen molar-refractivity contribution < 1.29 is 14.6 Å². The Bertz CT molecular complexity index is 364. The first kappa shape index (κ1) is 12.1. The van der Waals surface area contributed by atoms with Gasteiger partial charge >= 0.3 is 5.97 Å². The summed E-state index contributed by atoms with van der Waals surface area (Å²) in [6.07, 6.45) is 5.35. The quantitative estimate of drug-likeness (QED) is 0.592.